The van der Waals surface area contributed by atoms with Gasteiger partial charge in [-0.2, -0.15) is 0 Å². The number of hydrogen-bond donors (Lipinski definition) is 0. The monoisotopic (exact) mass is 529 g/mol. The van der Waals surface area contributed by atoms with E-state index in [9.17, 15) is 24.0 Å². The first-order valence-electron chi connectivity index (χ1n) is 12.4. The Morgan fingerprint density at radius 3 is 2.08 bits per heavy atom. The molecule has 9 heteroatoms. The van der Waals surface area contributed by atoms with E-state index in [0.717, 1.165) is 0 Å². The molecular formula is C30H27NO8. The largest absolute Gasteiger partial charge is 0.459 e. The van der Waals surface area contributed by atoms with Crippen LogP contribution in [-0.4, -0.2) is 48.9 Å². The number of ketones is 1. The fourth-order valence-electron chi connectivity index (χ4n) is 3.96. The van der Waals surface area contributed by atoms with Gasteiger partial charge in [0.1, 0.15) is 5.75 Å². The second kappa shape index (κ2) is 12.2. The Bertz CT molecular complexity index is 1360. The Kier molecular flexibility index (Phi) is 8.50. The fraction of sp³-hybridized carbons (Fsp3) is 0.233. The third-order valence-corrected chi connectivity index (χ3v) is 5.96. The normalized spacial score (nSPS) is 14.7. The number of amides is 1. The molecule has 3 aromatic carbocycles. The highest BCUT2D eigenvalue weighted by atomic mass is 16.5. The van der Waals surface area contributed by atoms with Crippen LogP contribution in [0.15, 0.2) is 78.9 Å². The molecule has 1 heterocycles. The summed E-state index contributed by atoms with van der Waals surface area (Å²) >= 11 is 0. The topological polar surface area (TPSA) is 116 Å². The molecule has 0 bridgehead atoms. The van der Waals surface area contributed by atoms with Crippen molar-refractivity contribution >= 4 is 35.3 Å². The highest BCUT2D eigenvalue weighted by Gasteiger charge is 2.36. The van der Waals surface area contributed by atoms with Crippen molar-refractivity contribution in [1.82, 2.24) is 0 Å². The minimum absolute atomic E-state index is 0.0500. The molecule has 1 saturated heterocycles. The Morgan fingerprint density at radius 1 is 0.821 bits per heavy atom. The first kappa shape index (κ1) is 27.3. The zero-order valence-electron chi connectivity index (χ0n) is 21.5. The quantitative estimate of drug-likeness (QED) is 0.230. The summed E-state index contributed by atoms with van der Waals surface area (Å²) < 4.78 is 15.7. The van der Waals surface area contributed by atoms with Gasteiger partial charge in [-0.3, -0.25) is 14.4 Å². The van der Waals surface area contributed by atoms with E-state index < -0.39 is 36.2 Å². The molecule has 200 valence electrons. The molecule has 0 spiro atoms. The molecule has 1 aliphatic rings. The van der Waals surface area contributed by atoms with Crippen molar-refractivity contribution in [2.75, 3.05) is 18.1 Å². The van der Waals surface area contributed by atoms with Crippen LogP contribution in [0, 0.1) is 5.92 Å². The summed E-state index contributed by atoms with van der Waals surface area (Å²) in [5, 5.41) is 0. The lowest BCUT2D eigenvalue weighted by Gasteiger charge is -2.17. The van der Waals surface area contributed by atoms with E-state index in [2.05, 4.69) is 0 Å². The van der Waals surface area contributed by atoms with Gasteiger partial charge in [0.2, 0.25) is 5.91 Å². The molecule has 0 saturated carbocycles. The van der Waals surface area contributed by atoms with Gasteiger partial charge in [0.25, 0.3) is 0 Å². The minimum Gasteiger partial charge on any atom is -0.459 e. The summed E-state index contributed by atoms with van der Waals surface area (Å²) in [5.74, 6) is -2.78. The zero-order valence-corrected chi connectivity index (χ0v) is 21.5. The van der Waals surface area contributed by atoms with E-state index in [1.807, 2.05) is 0 Å². The SMILES string of the molecule is CC(C)OC(=O)c1ccc(N2C[C@@H](C(=O)OCC(=O)c3ccc(OC(=O)c4ccccc4)cc3)CC2=O)cc1. The molecule has 1 atom stereocenters. The molecule has 3 aromatic rings. The lowest BCUT2D eigenvalue weighted by atomic mass is 10.1. The van der Waals surface area contributed by atoms with Crippen molar-refractivity contribution in [1.29, 1.82) is 0 Å². The molecule has 1 amide bonds. The summed E-state index contributed by atoms with van der Waals surface area (Å²) in [5.41, 5.74) is 1.58. The number of carbonyl (C=O) groups is 5. The van der Waals surface area contributed by atoms with Crippen molar-refractivity contribution in [2.24, 2.45) is 5.92 Å². The van der Waals surface area contributed by atoms with E-state index in [1.165, 1.54) is 29.2 Å². The molecular weight excluding hydrogens is 502 g/mol. The summed E-state index contributed by atoms with van der Waals surface area (Å²) in [6.07, 6.45) is -0.300. The molecule has 4 rings (SSSR count). The maximum atomic E-state index is 12.6. The second-order valence-electron chi connectivity index (χ2n) is 9.22. The van der Waals surface area contributed by atoms with E-state index in [-0.39, 0.29) is 36.3 Å². The van der Waals surface area contributed by atoms with Gasteiger partial charge in [-0.05, 0) is 74.5 Å². The van der Waals surface area contributed by atoms with Crippen molar-refractivity contribution < 1.29 is 38.2 Å². The van der Waals surface area contributed by atoms with Crippen molar-refractivity contribution in [3.8, 4) is 5.75 Å². The van der Waals surface area contributed by atoms with Crippen LogP contribution in [0.5, 0.6) is 5.75 Å². The number of esters is 3. The lowest BCUT2D eigenvalue weighted by Crippen LogP contribution is -2.27. The summed E-state index contributed by atoms with van der Waals surface area (Å²) in [4.78, 5) is 63.3. The first-order valence-corrected chi connectivity index (χ1v) is 12.4. The van der Waals surface area contributed by atoms with Gasteiger partial charge >= 0.3 is 17.9 Å². The van der Waals surface area contributed by atoms with E-state index >= 15 is 0 Å². The molecule has 0 aliphatic carbocycles. The molecule has 9 nitrogen and oxygen atoms in total. The second-order valence-corrected chi connectivity index (χ2v) is 9.22. The number of rotatable bonds is 9. The number of Topliss-reactive ketones (excluding diaryl/α,β-unsaturated/α-hetero) is 1. The number of benzene rings is 3. The minimum atomic E-state index is -0.726. The number of ether oxygens (including phenoxy) is 3. The van der Waals surface area contributed by atoms with Crippen LogP contribution in [0.1, 0.15) is 51.3 Å². The Morgan fingerprint density at radius 2 is 1.44 bits per heavy atom. The van der Waals surface area contributed by atoms with Crippen molar-refractivity contribution in [2.45, 2.75) is 26.4 Å². The number of nitrogens with zero attached hydrogens (tertiary/aromatic N) is 1. The molecule has 0 radical (unpaired) electrons. The van der Waals surface area contributed by atoms with Gasteiger partial charge in [0.05, 0.1) is 23.1 Å². The molecule has 0 N–H and O–H groups in total. The van der Waals surface area contributed by atoms with Gasteiger partial charge in [0, 0.05) is 24.2 Å². The third kappa shape index (κ3) is 6.95. The highest BCUT2D eigenvalue weighted by Crippen LogP contribution is 2.26. The first-order chi connectivity index (χ1) is 18.7. The van der Waals surface area contributed by atoms with E-state index in [4.69, 9.17) is 14.2 Å². The van der Waals surface area contributed by atoms with Gasteiger partial charge in [0.15, 0.2) is 12.4 Å². The van der Waals surface area contributed by atoms with Crippen molar-refractivity contribution in [3.05, 3.63) is 95.6 Å². The van der Waals surface area contributed by atoms with Gasteiger partial charge in [-0.25, -0.2) is 9.59 Å². The fourth-order valence-corrected chi connectivity index (χ4v) is 3.96. The molecule has 0 aromatic heterocycles. The molecule has 39 heavy (non-hydrogen) atoms. The van der Waals surface area contributed by atoms with Gasteiger partial charge in [-0.1, -0.05) is 18.2 Å². The van der Waals surface area contributed by atoms with Crippen LogP contribution in [-0.2, 0) is 19.1 Å². The number of anilines is 1. The van der Waals surface area contributed by atoms with Gasteiger partial charge in [-0.15, -0.1) is 0 Å². The summed E-state index contributed by atoms with van der Waals surface area (Å²) in [6.45, 7) is 3.12. The number of carbonyl (C=O) groups excluding carboxylic acids is 5. The molecule has 1 fully saturated rings. The molecule has 1 aliphatic heterocycles. The Balaban J connectivity index is 1.27. The van der Waals surface area contributed by atoms with Crippen LogP contribution in [0.2, 0.25) is 0 Å². The average Bonchev–Trinajstić information content (AvgIpc) is 3.33. The number of hydrogen-bond acceptors (Lipinski definition) is 8. The summed E-state index contributed by atoms with van der Waals surface area (Å²) in [6, 6.07) is 20.8. The smallest absolute Gasteiger partial charge is 0.343 e. The maximum absolute atomic E-state index is 12.6. The maximum Gasteiger partial charge on any atom is 0.343 e. The average molecular weight is 530 g/mol. The molecule has 0 unspecified atom stereocenters. The van der Waals surface area contributed by atoms with Crippen molar-refractivity contribution in [3.63, 3.8) is 0 Å². The highest BCUT2D eigenvalue weighted by molar-refractivity contribution is 6.01. The zero-order chi connectivity index (χ0) is 27.9. The Hall–Kier alpha value is -4.79. The lowest BCUT2D eigenvalue weighted by molar-refractivity contribution is -0.147. The summed E-state index contributed by atoms with van der Waals surface area (Å²) in [7, 11) is 0. The van der Waals surface area contributed by atoms with Crippen LogP contribution < -0.4 is 9.64 Å². The van der Waals surface area contributed by atoms with Crippen LogP contribution in [0.3, 0.4) is 0 Å². The van der Waals surface area contributed by atoms with E-state index in [0.29, 0.717) is 16.8 Å². The predicted octanol–water partition coefficient (Wildman–Crippen LogP) is 4.25. The van der Waals surface area contributed by atoms with E-state index in [1.54, 1.807) is 68.4 Å². The van der Waals surface area contributed by atoms with Gasteiger partial charge < -0.3 is 19.1 Å². The van der Waals surface area contributed by atoms with Crippen LogP contribution in [0.25, 0.3) is 0 Å². The van der Waals surface area contributed by atoms with Crippen LogP contribution in [0.4, 0.5) is 5.69 Å². The predicted molar refractivity (Wildman–Crippen MR) is 141 cm³/mol. The van der Waals surface area contributed by atoms with Crippen LogP contribution >= 0.6 is 0 Å². The Labute approximate surface area is 225 Å². The third-order valence-electron chi connectivity index (χ3n) is 5.96. The standard InChI is InChI=1S/C30H27NO8/c1-19(2)38-29(35)22-8-12-24(13-9-22)31-17-23(16-27(31)33)28(34)37-18-26(32)20-10-14-25(15-11-20)39-30(36)21-6-4-3-5-7-21/h3-15,19,23H,16-18H2,1-2H3/t23-/m0/s1.